The molecule has 2 heteroatoms. The standard InChI is InChI=1S/C17H27NO/c1-2-19-16-10-6-9-15(13-16)17(18)12-11-14-7-4-3-5-8-14/h6,9-10,13-14,17H,2-5,7-8,11-12,18H2,1H3. The molecule has 2 rings (SSSR count). The van der Waals surface area contributed by atoms with E-state index < -0.39 is 0 Å². The molecule has 1 atom stereocenters. The van der Waals surface area contributed by atoms with Crippen LogP contribution in [0.4, 0.5) is 0 Å². The number of hydrogen-bond acceptors (Lipinski definition) is 2. The number of ether oxygens (including phenoxy) is 1. The van der Waals surface area contributed by atoms with Crippen LogP contribution in [0.25, 0.3) is 0 Å². The molecule has 2 nitrogen and oxygen atoms in total. The van der Waals surface area contributed by atoms with Crippen LogP contribution in [0.15, 0.2) is 24.3 Å². The predicted molar refractivity (Wildman–Crippen MR) is 80.3 cm³/mol. The molecular weight excluding hydrogens is 234 g/mol. The minimum absolute atomic E-state index is 0.155. The van der Waals surface area contributed by atoms with Gasteiger partial charge in [0, 0.05) is 6.04 Å². The molecule has 0 radical (unpaired) electrons. The molecule has 0 aromatic heterocycles. The van der Waals surface area contributed by atoms with Crippen molar-refractivity contribution in [3.05, 3.63) is 29.8 Å². The molecule has 1 unspecified atom stereocenters. The molecule has 1 aliphatic rings. The zero-order valence-corrected chi connectivity index (χ0v) is 12.1. The van der Waals surface area contributed by atoms with Crippen LogP contribution in [0, 0.1) is 5.92 Å². The van der Waals surface area contributed by atoms with E-state index in [0.717, 1.165) is 18.1 Å². The molecule has 0 spiro atoms. The molecule has 1 saturated carbocycles. The van der Waals surface area contributed by atoms with Gasteiger partial charge in [0.15, 0.2) is 0 Å². The average Bonchev–Trinajstić information content (AvgIpc) is 2.46. The highest BCUT2D eigenvalue weighted by atomic mass is 16.5. The zero-order valence-electron chi connectivity index (χ0n) is 12.1. The Morgan fingerprint density at radius 1 is 1.26 bits per heavy atom. The van der Waals surface area contributed by atoms with E-state index in [1.165, 1.54) is 44.1 Å². The summed E-state index contributed by atoms with van der Waals surface area (Å²) in [5, 5.41) is 0. The molecule has 1 fully saturated rings. The summed E-state index contributed by atoms with van der Waals surface area (Å²) in [6, 6.07) is 8.41. The zero-order chi connectivity index (χ0) is 13.5. The van der Waals surface area contributed by atoms with Crippen molar-refractivity contribution in [3.8, 4) is 5.75 Å². The summed E-state index contributed by atoms with van der Waals surface area (Å²) in [4.78, 5) is 0. The second-order valence-corrected chi connectivity index (χ2v) is 5.69. The van der Waals surface area contributed by atoms with Gasteiger partial charge in [-0.2, -0.15) is 0 Å². The van der Waals surface area contributed by atoms with Gasteiger partial charge < -0.3 is 10.5 Å². The number of rotatable bonds is 6. The van der Waals surface area contributed by atoms with Crippen molar-refractivity contribution in [1.82, 2.24) is 0 Å². The van der Waals surface area contributed by atoms with E-state index in [1.54, 1.807) is 0 Å². The maximum atomic E-state index is 6.32. The number of nitrogens with two attached hydrogens (primary N) is 1. The second-order valence-electron chi connectivity index (χ2n) is 5.69. The van der Waals surface area contributed by atoms with E-state index in [4.69, 9.17) is 10.5 Å². The lowest BCUT2D eigenvalue weighted by atomic mass is 9.84. The molecule has 1 aliphatic carbocycles. The van der Waals surface area contributed by atoms with Crippen molar-refractivity contribution >= 4 is 0 Å². The number of hydrogen-bond donors (Lipinski definition) is 1. The molecule has 0 amide bonds. The maximum absolute atomic E-state index is 6.32. The smallest absolute Gasteiger partial charge is 0.119 e. The van der Waals surface area contributed by atoms with Crippen LogP contribution < -0.4 is 10.5 Å². The van der Waals surface area contributed by atoms with Gasteiger partial charge in [-0.05, 0) is 43.4 Å². The van der Waals surface area contributed by atoms with Gasteiger partial charge in [-0.25, -0.2) is 0 Å². The van der Waals surface area contributed by atoms with E-state index in [0.29, 0.717) is 6.61 Å². The molecule has 19 heavy (non-hydrogen) atoms. The summed E-state index contributed by atoms with van der Waals surface area (Å²) < 4.78 is 5.54. The molecule has 1 aromatic rings. The highest BCUT2D eigenvalue weighted by Gasteiger charge is 2.15. The third-order valence-electron chi connectivity index (χ3n) is 4.21. The number of benzene rings is 1. The van der Waals surface area contributed by atoms with Crippen LogP contribution in [0.5, 0.6) is 5.75 Å². The molecule has 1 aromatic carbocycles. The lowest BCUT2D eigenvalue weighted by Crippen LogP contribution is -2.14. The Labute approximate surface area is 117 Å². The van der Waals surface area contributed by atoms with Gasteiger partial charge in [0.05, 0.1) is 6.61 Å². The first-order valence-corrected chi connectivity index (χ1v) is 7.78. The lowest BCUT2D eigenvalue weighted by Gasteiger charge is -2.23. The quantitative estimate of drug-likeness (QED) is 0.821. The van der Waals surface area contributed by atoms with Gasteiger partial charge in [-0.3, -0.25) is 0 Å². The topological polar surface area (TPSA) is 35.2 Å². The maximum Gasteiger partial charge on any atom is 0.119 e. The minimum atomic E-state index is 0.155. The van der Waals surface area contributed by atoms with Gasteiger partial charge >= 0.3 is 0 Å². The Balaban J connectivity index is 1.84. The van der Waals surface area contributed by atoms with Gasteiger partial charge in [-0.15, -0.1) is 0 Å². The summed E-state index contributed by atoms with van der Waals surface area (Å²) in [5.41, 5.74) is 7.53. The van der Waals surface area contributed by atoms with E-state index in [2.05, 4.69) is 12.1 Å². The first kappa shape index (κ1) is 14.4. The van der Waals surface area contributed by atoms with Crippen molar-refractivity contribution < 1.29 is 4.74 Å². The average molecular weight is 261 g/mol. The molecule has 0 bridgehead atoms. The minimum Gasteiger partial charge on any atom is -0.494 e. The third kappa shape index (κ3) is 4.54. The van der Waals surface area contributed by atoms with Crippen LogP contribution in [0.2, 0.25) is 0 Å². The van der Waals surface area contributed by atoms with Crippen LogP contribution in [0.3, 0.4) is 0 Å². The van der Waals surface area contributed by atoms with Crippen molar-refractivity contribution in [1.29, 1.82) is 0 Å². The summed E-state index contributed by atoms with van der Waals surface area (Å²) >= 11 is 0. The summed E-state index contributed by atoms with van der Waals surface area (Å²) in [7, 11) is 0. The van der Waals surface area contributed by atoms with Gasteiger partial charge in [0.1, 0.15) is 5.75 Å². The van der Waals surface area contributed by atoms with Crippen LogP contribution in [0.1, 0.15) is 63.5 Å². The van der Waals surface area contributed by atoms with Crippen LogP contribution in [-0.2, 0) is 0 Å². The summed E-state index contributed by atoms with van der Waals surface area (Å²) in [6.45, 7) is 2.72. The van der Waals surface area contributed by atoms with Crippen molar-refractivity contribution in [3.63, 3.8) is 0 Å². The Morgan fingerprint density at radius 2 is 2.05 bits per heavy atom. The second kappa shape index (κ2) is 7.54. The van der Waals surface area contributed by atoms with Crippen molar-refractivity contribution in [2.24, 2.45) is 11.7 Å². The largest absolute Gasteiger partial charge is 0.494 e. The molecule has 0 heterocycles. The highest BCUT2D eigenvalue weighted by molar-refractivity contribution is 5.30. The lowest BCUT2D eigenvalue weighted by molar-refractivity contribution is 0.323. The van der Waals surface area contributed by atoms with Gasteiger partial charge in [0.2, 0.25) is 0 Å². The Morgan fingerprint density at radius 3 is 2.79 bits per heavy atom. The third-order valence-corrected chi connectivity index (χ3v) is 4.21. The fraction of sp³-hybridized carbons (Fsp3) is 0.647. The van der Waals surface area contributed by atoms with Crippen LogP contribution >= 0.6 is 0 Å². The monoisotopic (exact) mass is 261 g/mol. The van der Waals surface area contributed by atoms with E-state index in [-0.39, 0.29) is 6.04 Å². The van der Waals surface area contributed by atoms with Crippen molar-refractivity contribution in [2.45, 2.75) is 57.9 Å². The Hall–Kier alpha value is -1.02. The molecule has 0 aliphatic heterocycles. The van der Waals surface area contributed by atoms with Gasteiger partial charge in [-0.1, -0.05) is 44.2 Å². The highest BCUT2D eigenvalue weighted by Crippen LogP contribution is 2.30. The fourth-order valence-corrected chi connectivity index (χ4v) is 3.06. The first-order valence-electron chi connectivity index (χ1n) is 7.78. The Kier molecular flexibility index (Phi) is 5.71. The van der Waals surface area contributed by atoms with E-state index in [1.807, 2.05) is 19.1 Å². The first-order chi connectivity index (χ1) is 9.29. The summed E-state index contributed by atoms with van der Waals surface area (Å²) in [5.74, 6) is 1.85. The van der Waals surface area contributed by atoms with Gasteiger partial charge in [0.25, 0.3) is 0 Å². The fourth-order valence-electron chi connectivity index (χ4n) is 3.06. The predicted octanol–water partition coefficient (Wildman–Crippen LogP) is 4.45. The Bertz CT molecular complexity index is 371. The molecule has 0 saturated heterocycles. The summed E-state index contributed by atoms with van der Waals surface area (Å²) in [6.07, 6.45) is 9.45. The van der Waals surface area contributed by atoms with E-state index in [9.17, 15) is 0 Å². The molecular formula is C17H27NO. The van der Waals surface area contributed by atoms with E-state index >= 15 is 0 Å². The van der Waals surface area contributed by atoms with Crippen molar-refractivity contribution in [2.75, 3.05) is 6.61 Å². The molecule has 106 valence electrons. The van der Waals surface area contributed by atoms with Crippen LogP contribution in [-0.4, -0.2) is 6.61 Å². The SMILES string of the molecule is CCOc1cccc(C(N)CCC2CCCCC2)c1. The normalized spacial score (nSPS) is 18.2. The molecule has 2 N–H and O–H groups in total.